The maximum absolute atomic E-state index is 12.1. The summed E-state index contributed by atoms with van der Waals surface area (Å²) in [6.07, 6.45) is 6.80. The Bertz CT molecular complexity index is 245. The van der Waals surface area contributed by atoms with E-state index in [1.54, 1.807) is 0 Å². The van der Waals surface area contributed by atoms with Crippen molar-refractivity contribution < 1.29 is 4.79 Å². The van der Waals surface area contributed by atoms with Crippen molar-refractivity contribution in [1.29, 1.82) is 0 Å². The van der Waals surface area contributed by atoms with Gasteiger partial charge in [-0.25, -0.2) is 0 Å². The topological polar surface area (TPSA) is 49.6 Å². The zero-order chi connectivity index (χ0) is 12.1. The van der Waals surface area contributed by atoms with Crippen molar-refractivity contribution >= 4 is 5.91 Å². The second-order valence-corrected chi connectivity index (χ2v) is 5.28. The van der Waals surface area contributed by atoms with Gasteiger partial charge >= 0.3 is 0 Å². The molecule has 17 heavy (non-hydrogen) atoms. The number of nitrogens with two attached hydrogens (primary N) is 1. The molecule has 2 heterocycles. The Balaban J connectivity index is 1.82. The van der Waals surface area contributed by atoms with Gasteiger partial charge in [-0.05, 0) is 38.8 Å². The number of rotatable bonds is 4. The normalized spacial score (nSPS) is 23.9. The SMILES string of the molecule is NCC(CC(=O)N1CCCC1)N1CCCCC1. The van der Waals surface area contributed by atoms with Crippen LogP contribution in [-0.4, -0.2) is 54.5 Å². The third-order valence-electron chi connectivity index (χ3n) is 4.05. The summed E-state index contributed by atoms with van der Waals surface area (Å²) < 4.78 is 0. The van der Waals surface area contributed by atoms with E-state index in [1.165, 1.54) is 32.1 Å². The van der Waals surface area contributed by atoms with Crippen LogP contribution in [0.4, 0.5) is 0 Å². The highest BCUT2D eigenvalue weighted by Gasteiger charge is 2.25. The van der Waals surface area contributed by atoms with Crippen LogP contribution in [0.5, 0.6) is 0 Å². The first-order chi connectivity index (χ1) is 8.31. The summed E-state index contributed by atoms with van der Waals surface area (Å²) >= 11 is 0. The number of amides is 1. The van der Waals surface area contributed by atoms with Crippen molar-refractivity contribution in [2.45, 2.75) is 44.6 Å². The van der Waals surface area contributed by atoms with Crippen LogP contribution < -0.4 is 5.73 Å². The molecule has 2 N–H and O–H groups in total. The fraction of sp³-hybridized carbons (Fsp3) is 0.923. The highest BCUT2D eigenvalue weighted by atomic mass is 16.2. The van der Waals surface area contributed by atoms with E-state index in [4.69, 9.17) is 5.73 Å². The van der Waals surface area contributed by atoms with E-state index >= 15 is 0 Å². The van der Waals surface area contributed by atoms with Crippen LogP contribution in [0.25, 0.3) is 0 Å². The Kier molecular flexibility index (Phi) is 4.80. The van der Waals surface area contributed by atoms with Gasteiger partial charge in [0.05, 0.1) is 0 Å². The number of likely N-dealkylation sites (tertiary alicyclic amines) is 2. The Morgan fingerprint density at radius 3 is 2.18 bits per heavy atom. The second-order valence-electron chi connectivity index (χ2n) is 5.28. The van der Waals surface area contributed by atoms with Crippen molar-refractivity contribution in [2.75, 3.05) is 32.7 Å². The summed E-state index contributed by atoms with van der Waals surface area (Å²) in [7, 11) is 0. The fourth-order valence-corrected chi connectivity index (χ4v) is 2.94. The van der Waals surface area contributed by atoms with Gasteiger partial charge in [-0.15, -0.1) is 0 Å². The predicted octanol–water partition coefficient (Wildman–Crippen LogP) is 0.812. The van der Waals surface area contributed by atoms with Crippen LogP contribution in [0.15, 0.2) is 0 Å². The number of nitrogens with zero attached hydrogens (tertiary/aromatic N) is 2. The molecule has 2 aliphatic heterocycles. The van der Waals surface area contributed by atoms with Crippen molar-refractivity contribution in [3.63, 3.8) is 0 Å². The molecular formula is C13H25N3O. The minimum absolute atomic E-state index is 0.267. The molecule has 4 heteroatoms. The molecule has 0 aromatic carbocycles. The Morgan fingerprint density at radius 2 is 1.59 bits per heavy atom. The van der Waals surface area contributed by atoms with Crippen LogP contribution in [0.1, 0.15) is 38.5 Å². The molecule has 0 spiro atoms. The van der Waals surface area contributed by atoms with Gasteiger partial charge < -0.3 is 10.6 Å². The van der Waals surface area contributed by atoms with Crippen LogP contribution in [-0.2, 0) is 4.79 Å². The lowest BCUT2D eigenvalue weighted by Gasteiger charge is -2.34. The first-order valence-corrected chi connectivity index (χ1v) is 7.03. The molecule has 0 aromatic rings. The average molecular weight is 239 g/mol. The quantitative estimate of drug-likeness (QED) is 0.790. The van der Waals surface area contributed by atoms with Gasteiger partial charge in [-0.1, -0.05) is 6.42 Å². The monoisotopic (exact) mass is 239 g/mol. The van der Waals surface area contributed by atoms with E-state index in [9.17, 15) is 4.79 Å². The van der Waals surface area contributed by atoms with E-state index < -0.39 is 0 Å². The minimum Gasteiger partial charge on any atom is -0.343 e. The number of hydrogen-bond donors (Lipinski definition) is 1. The molecule has 1 amide bonds. The highest BCUT2D eigenvalue weighted by molar-refractivity contribution is 5.77. The van der Waals surface area contributed by atoms with Crippen LogP contribution in [0, 0.1) is 0 Å². The fourth-order valence-electron chi connectivity index (χ4n) is 2.94. The molecule has 2 rings (SSSR count). The summed E-state index contributed by atoms with van der Waals surface area (Å²) in [6.45, 7) is 4.76. The smallest absolute Gasteiger partial charge is 0.224 e. The molecule has 0 aromatic heterocycles. The lowest BCUT2D eigenvalue weighted by atomic mass is 10.1. The first kappa shape index (κ1) is 12.8. The molecule has 2 fully saturated rings. The molecule has 0 bridgehead atoms. The third-order valence-corrected chi connectivity index (χ3v) is 4.05. The van der Waals surface area contributed by atoms with Crippen LogP contribution >= 0.6 is 0 Å². The lowest BCUT2D eigenvalue weighted by molar-refractivity contribution is -0.131. The van der Waals surface area contributed by atoms with Gasteiger partial charge in [0.15, 0.2) is 0 Å². The lowest BCUT2D eigenvalue weighted by Crippen LogP contribution is -2.46. The van der Waals surface area contributed by atoms with Gasteiger partial charge in [0, 0.05) is 32.1 Å². The average Bonchev–Trinajstić information content (AvgIpc) is 2.90. The minimum atomic E-state index is 0.267. The number of piperidine rings is 1. The van der Waals surface area contributed by atoms with E-state index in [1.807, 2.05) is 4.90 Å². The van der Waals surface area contributed by atoms with E-state index in [2.05, 4.69) is 4.90 Å². The number of carbonyl (C=O) groups is 1. The summed E-state index contributed by atoms with van der Waals surface area (Å²) in [5.74, 6) is 0.309. The molecule has 0 saturated carbocycles. The van der Waals surface area contributed by atoms with Crippen molar-refractivity contribution in [3.05, 3.63) is 0 Å². The van der Waals surface area contributed by atoms with Crippen molar-refractivity contribution in [2.24, 2.45) is 5.73 Å². The summed E-state index contributed by atoms with van der Waals surface area (Å²) in [5, 5.41) is 0. The van der Waals surface area contributed by atoms with Gasteiger partial charge in [0.25, 0.3) is 0 Å². The van der Waals surface area contributed by atoms with Gasteiger partial charge in [-0.2, -0.15) is 0 Å². The third kappa shape index (κ3) is 3.42. The molecule has 2 saturated heterocycles. The molecule has 2 aliphatic rings. The molecule has 98 valence electrons. The summed E-state index contributed by atoms with van der Waals surface area (Å²) in [6, 6.07) is 0.267. The first-order valence-electron chi connectivity index (χ1n) is 7.03. The van der Waals surface area contributed by atoms with E-state index in [-0.39, 0.29) is 6.04 Å². The zero-order valence-electron chi connectivity index (χ0n) is 10.7. The standard InChI is InChI=1S/C13H25N3O/c14-11-12(15-6-2-1-3-7-15)10-13(17)16-8-4-5-9-16/h12H,1-11,14H2. The van der Waals surface area contributed by atoms with Crippen LogP contribution in [0.2, 0.25) is 0 Å². The molecule has 4 nitrogen and oxygen atoms in total. The summed E-state index contributed by atoms with van der Waals surface area (Å²) in [4.78, 5) is 16.5. The van der Waals surface area contributed by atoms with Crippen molar-refractivity contribution in [3.8, 4) is 0 Å². The number of hydrogen-bond acceptors (Lipinski definition) is 3. The molecule has 1 unspecified atom stereocenters. The highest BCUT2D eigenvalue weighted by Crippen LogP contribution is 2.16. The van der Waals surface area contributed by atoms with Crippen LogP contribution in [0.3, 0.4) is 0 Å². The Labute approximate surface area is 104 Å². The van der Waals surface area contributed by atoms with E-state index in [0.717, 1.165) is 26.2 Å². The van der Waals surface area contributed by atoms with Gasteiger partial charge in [0.1, 0.15) is 0 Å². The number of carbonyl (C=O) groups excluding carboxylic acids is 1. The maximum atomic E-state index is 12.1. The van der Waals surface area contributed by atoms with Gasteiger partial charge in [0.2, 0.25) is 5.91 Å². The molecule has 0 radical (unpaired) electrons. The zero-order valence-corrected chi connectivity index (χ0v) is 10.7. The second kappa shape index (κ2) is 6.36. The van der Waals surface area contributed by atoms with Crippen molar-refractivity contribution in [1.82, 2.24) is 9.80 Å². The van der Waals surface area contributed by atoms with Gasteiger partial charge in [-0.3, -0.25) is 9.69 Å². The largest absolute Gasteiger partial charge is 0.343 e. The Hall–Kier alpha value is -0.610. The van der Waals surface area contributed by atoms with E-state index in [0.29, 0.717) is 18.9 Å². The Morgan fingerprint density at radius 1 is 1.00 bits per heavy atom. The molecular weight excluding hydrogens is 214 g/mol. The maximum Gasteiger partial charge on any atom is 0.224 e. The molecule has 1 atom stereocenters. The summed E-state index contributed by atoms with van der Waals surface area (Å²) in [5.41, 5.74) is 5.84. The predicted molar refractivity (Wildman–Crippen MR) is 68.7 cm³/mol. The molecule has 0 aliphatic carbocycles.